The third kappa shape index (κ3) is 0.805. The summed E-state index contributed by atoms with van der Waals surface area (Å²) in [7, 11) is 0. The van der Waals surface area contributed by atoms with Gasteiger partial charge in [0.2, 0.25) is 0 Å². The summed E-state index contributed by atoms with van der Waals surface area (Å²) >= 11 is 0. The highest BCUT2D eigenvalue weighted by molar-refractivity contribution is 5.82. The standard InChI is InChI=1S/C8H13NO2/c1-6-2-5-9(6)8(3-4-8)7(10)11/h6H,2-5H2,1H3,(H,10,11). The van der Waals surface area contributed by atoms with E-state index in [4.69, 9.17) is 5.11 Å². The number of likely N-dealkylation sites (tertiary alicyclic amines) is 1. The SMILES string of the molecule is CC1CCN1C1(C(=O)O)CC1. The summed E-state index contributed by atoms with van der Waals surface area (Å²) in [6, 6.07) is 0.494. The predicted molar refractivity (Wildman–Crippen MR) is 40.4 cm³/mol. The molecule has 1 saturated heterocycles. The molecule has 1 aliphatic heterocycles. The molecular formula is C8H13NO2. The molecule has 0 radical (unpaired) electrons. The van der Waals surface area contributed by atoms with Crippen molar-refractivity contribution in [2.24, 2.45) is 0 Å². The molecule has 1 unspecified atom stereocenters. The van der Waals surface area contributed by atoms with E-state index in [0.29, 0.717) is 6.04 Å². The van der Waals surface area contributed by atoms with E-state index < -0.39 is 11.5 Å². The number of rotatable bonds is 2. The van der Waals surface area contributed by atoms with E-state index in [1.807, 2.05) is 0 Å². The Bertz CT molecular complexity index is 198. The van der Waals surface area contributed by atoms with E-state index in [1.54, 1.807) is 0 Å². The summed E-state index contributed by atoms with van der Waals surface area (Å²) in [5, 5.41) is 8.92. The minimum Gasteiger partial charge on any atom is -0.480 e. The quantitative estimate of drug-likeness (QED) is 0.638. The summed E-state index contributed by atoms with van der Waals surface area (Å²) < 4.78 is 0. The molecule has 0 aromatic carbocycles. The summed E-state index contributed by atoms with van der Waals surface area (Å²) in [5.74, 6) is -0.621. The van der Waals surface area contributed by atoms with Crippen molar-refractivity contribution in [1.82, 2.24) is 4.90 Å². The molecule has 2 aliphatic rings. The fourth-order valence-corrected chi connectivity index (χ4v) is 1.89. The lowest BCUT2D eigenvalue weighted by Gasteiger charge is -2.43. The summed E-state index contributed by atoms with van der Waals surface area (Å²) in [6.45, 7) is 3.08. The Kier molecular flexibility index (Phi) is 1.27. The van der Waals surface area contributed by atoms with Gasteiger partial charge in [-0.15, -0.1) is 0 Å². The predicted octanol–water partition coefficient (Wildman–Crippen LogP) is 0.698. The van der Waals surface area contributed by atoms with Crippen LogP contribution < -0.4 is 0 Å². The zero-order chi connectivity index (χ0) is 8.06. The van der Waals surface area contributed by atoms with Gasteiger partial charge >= 0.3 is 5.97 Å². The van der Waals surface area contributed by atoms with Crippen LogP contribution >= 0.6 is 0 Å². The molecule has 1 aliphatic carbocycles. The van der Waals surface area contributed by atoms with Crippen molar-refractivity contribution in [2.75, 3.05) is 6.54 Å². The van der Waals surface area contributed by atoms with Crippen LogP contribution in [-0.4, -0.2) is 34.1 Å². The Morgan fingerprint density at radius 3 is 2.36 bits per heavy atom. The molecule has 0 spiro atoms. The van der Waals surface area contributed by atoms with Crippen LogP contribution in [0, 0.1) is 0 Å². The third-order valence-corrected chi connectivity index (χ3v) is 2.99. The number of carboxylic acid groups (broad SMARTS) is 1. The molecule has 3 nitrogen and oxygen atoms in total. The van der Waals surface area contributed by atoms with E-state index in [-0.39, 0.29) is 0 Å². The van der Waals surface area contributed by atoms with Gasteiger partial charge in [0, 0.05) is 12.6 Å². The monoisotopic (exact) mass is 155 g/mol. The number of hydrogen-bond acceptors (Lipinski definition) is 2. The smallest absolute Gasteiger partial charge is 0.324 e. The molecule has 1 saturated carbocycles. The first-order valence-corrected chi connectivity index (χ1v) is 4.17. The lowest BCUT2D eigenvalue weighted by molar-refractivity contribution is -0.149. The van der Waals surface area contributed by atoms with Gasteiger partial charge < -0.3 is 5.11 Å². The highest BCUT2D eigenvalue weighted by Crippen LogP contribution is 2.46. The van der Waals surface area contributed by atoms with Gasteiger partial charge in [-0.1, -0.05) is 0 Å². The van der Waals surface area contributed by atoms with E-state index in [9.17, 15) is 4.79 Å². The fourth-order valence-electron chi connectivity index (χ4n) is 1.89. The fraction of sp³-hybridized carbons (Fsp3) is 0.875. The van der Waals surface area contributed by atoms with Crippen LogP contribution in [0.4, 0.5) is 0 Å². The van der Waals surface area contributed by atoms with Gasteiger partial charge in [0.05, 0.1) is 0 Å². The number of aliphatic carboxylic acids is 1. The Balaban J connectivity index is 2.09. The van der Waals surface area contributed by atoms with Gasteiger partial charge in [0.25, 0.3) is 0 Å². The van der Waals surface area contributed by atoms with E-state index in [1.165, 1.54) is 0 Å². The Morgan fingerprint density at radius 1 is 1.64 bits per heavy atom. The normalized spacial score (nSPS) is 34.5. The van der Waals surface area contributed by atoms with Crippen LogP contribution in [0.2, 0.25) is 0 Å². The average Bonchev–Trinajstić information content (AvgIpc) is 2.66. The molecular weight excluding hydrogens is 142 g/mol. The molecule has 0 amide bonds. The first-order chi connectivity index (χ1) is 5.17. The molecule has 1 N–H and O–H groups in total. The molecule has 0 bridgehead atoms. The van der Waals surface area contributed by atoms with Gasteiger partial charge in [-0.05, 0) is 26.2 Å². The zero-order valence-electron chi connectivity index (χ0n) is 6.71. The van der Waals surface area contributed by atoms with Crippen LogP contribution in [0.5, 0.6) is 0 Å². The maximum atomic E-state index is 10.8. The second kappa shape index (κ2) is 1.97. The van der Waals surface area contributed by atoms with Gasteiger partial charge in [-0.2, -0.15) is 0 Å². The molecule has 3 heteroatoms. The summed E-state index contributed by atoms with van der Waals surface area (Å²) in [6.07, 6.45) is 2.87. The first-order valence-electron chi connectivity index (χ1n) is 4.17. The molecule has 1 heterocycles. The van der Waals surface area contributed by atoms with Gasteiger partial charge in [-0.3, -0.25) is 9.69 Å². The van der Waals surface area contributed by atoms with Crippen molar-refractivity contribution in [3.05, 3.63) is 0 Å². The summed E-state index contributed by atoms with van der Waals surface area (Å²) in [5.41, 5.74) is -0.433. The van der Waals surface area contributed by atoms with Gasteiger partial charge in [0.15, 0.2) is 0 Å². The highest BCUT2D eigenvalue weighted by atomic mass is 16.4. The molecule has 2 rings (SSSR count). The first kappa shape index (κ1) is 7.10. The van der Waals surface area contributed by atoms with Gasteiger partial charge in [0.1, 0.15) is 5.54 Å². The van der Waals surface area contributed by atoms with Crippen molar-refractivity contribution in [3.8, 4) is 0 Å². The van der Waals surface area contributed by atoms with Crippen LogP contribution in [0.25, 0.3) is 0 Å². The van der Waals surface area contributed by atoms with Crippen LogP contribution in [0.15, 0.2) is 0 Å². The Hall–Kier alpha value is -0.570. The molecule has 62 valence electrons. The highest BCUT2D eigenvalue weighted by Gasteiger charge is 2.58. The van der Waals surface area contributed by atoms with Crippen molar-refractivity contribution in [1.29, 1.82) is 0 Å². The largest absolute Gasteiger partial charge is 0.480 e. The lowest BCUT2D eigenvalue weighted by atomic mass is 10.0. The molecule has 1 atom stereocenters. The number of nitrogens with zero attached hydrogens (tertiary/aromatic N) is 1. The van der Waals surface area contributed by atoms with Crippen LogP contribution in [0.3, 0.4) is 0 Å². The van der Waals surface area contributed by atoms with E-state index >= 15 is 0 Å². The van der Waals surface area contributed by atoms with Crippen LogP contribution in [-0.2, 0) is 4.79 Å². The molecule has 0 aromatic heterocycles. The van der Waals surface area contributed by atoms with Crippen molar-refractivity contribution in [2.45, 2.75) is 37.8 Å². The van der Waals surface area contributed by atoms with Crippen molar-refractivity contribution < 1.29 is 9.90 Å². The molecule has 2 fully saturated rings. The lowest BCUT2D eigenvalue weighted by Crippen LogP contribution is -2.56. The average molecular weight is 155 g/mol. The summed E-state index contributed by atoms with van der Waals surface area (Å²) in [4.78, 5) is 12.9. The Labute approximate surface area is 66.0 Å². The van der Waals surface area contributed by atoms with E-state index in [2.05, 4.69) is 11.8 Å². The second-order valence-corrected chi connectivity index (χ2v) is 3.67. The van der Waals surface area contributed by atoms with Crippen LogP contribution in [0.1, 0.15) is 26.2 Å². The van der Waals surface area contributed by atoms with Crippen molar-refractivity contribution in [3.63, 3.8) is 0 Å². The molecule has 11 heavy (non-hydrogen) atoms. The molecule has 0 aromatic rings. The maximum Gasteiger partial charge on any atom is 0.324 e. The number of carbonyl (C=O) groups is 1. The topological polar surface area (TPSA) is 40.5 Å². The third-order valence-electron chi connectivity index (χ3n) is 2.99. The van der Waals surface area contributed by atoms with E-state index in [0.717, 1.165) is 25.8 Å². The Morgan fingerprint density at radius 2 is 2.27 bits per heavy atom. The number of carboxylic acids is 1. The zero-order valence-corrected chi connectivity index (χ0v) is 6.71. The van der Waals surface area contributed by atoms with Gasteiger partial charge in [-0.25, -0.2) is 0 Å². The maximum absolute atomic E-state index is 10.8. The minimum absolute atomic E-state index is 0.433. The number of hydrogen-bond donors (Lipinski definition) is 1. The van der Waals surface area contributed by atoms with Crippen molar-refractivity contribution >= 4 is 5.97 Å². The minimum atomic E-state index is -0.621. The second-order valence-electron chi connectivity index (χ2n) is 3.67.